The van der Waals surface area contributed by atoms with Gasteiger partial charge in [0.2, 0.25) is 0 Å². The van der Waals surface area contributed by atoms with Gasteiger partial charge in [-0.05, 0) is 18.1 Å². The molecule has 0 radical (unpaired) electrons. The minimum atomic E-state index is -4.72. The van der Waals surface area contributed by atoms with Crippen LogP contribution in [0, 0.1) is 42.7 Å². The van der Waals surface area contributed by atoms with Crippen LogP contribution in [0.1, 0.15) is 33.9 Å². The first-order valence-electron chi connectivity index (χ1n) is 10.0. The maximum Gasteiger partial charge on any atom is 0.434 e. The van der Waals surface area contributed by atoms with E-state index in [2.05, 4.69) is 29.6 Å². The number of fused-ring (bicyclic) bond motifs is 6. The van der Waals surface area contributed by atoms with Crippen molar-refractivity contribution in [1.82, 2.24) is 19.9 Å². The van der Waals surface area contributed by atoms with Gasteiger partial charge in [-0.2, -0.15) is 13.2 Å². The van der Waals surface area contributed by atoms with Crippen LogP contribution in [0.3, 0.4) is 0 Å². The summed E-state index contributed by atoms with van der Waals surface area (Å²) in [5.41, 5.74) is 1.26. The van der Waals surface area contributed by atoms with Crippen molar-refractivity contribution in [3.05, 3.63) is 79.6 Å². The zero-order chi connectivity index (χ0) is 25.1. The van der Waals surface area contributed by atoms with Gasteiger partial charge in [0.15, 0.2) is 5.69 Å². The molecular weight excluding hydrogens is 457 g/mol. The van der Waals surface area contributed by atoms with Crippen LogP contribution in [0.5, 0.6) is 0 Å². The standard InChI is InChI=1S/C24H9F3N8/c1-10-8-32-22-13(34-10)4-11-18(15(6-28)30-2)12-5-14-23(33-9-17(35-14)24(25,26)27)20(12)21(19(11)22)16(7-29)31-3/h8-9H,4-5H2,1H3/b18-15+,21-16+. The zero-order valence-electron chi connectivity index (χ0n) is 17.8. The maximum absolute atomic E-state index is 13.3. The average molecular weight is 466 g/mol. The number of nitrogens with zero attached hydrogens (tertiary/aromatic N) is 8. The summed E-state index contributed by atoms with van der Waals surface area (Å²) in [5.74, 6) is 0. The van der Waals surface area contributed by atoms with Gasteiger partial charge in [-0.3, -0.25) is 15.0 Å². The van der Waals surface area contributed by atoms with Gasteiger partial charge >= 0.3 is 6.18 Å². The minimum Gasteiger partial charge on any atom is -0.254 e. The summed E-state index contributed by atoms with van der Waals surface area (Å²) in [6, 6.07) is 3.74. The summed E-state index contributed by atoms with van der Waals surface area (Å²) in [4.78, 5) is 23.4. The van der Waals surface area contributed by atoms with Gasteiger partial charge in [0.25, 0.3) is 11.4 Å². The number of hydrogen-bond acceptors (Lipinski definition) is 6. The molecule has 166 valence electrons. The average Bonchev–Trinajstić information content (AvgIpc) is 3.38. The van der Waals surface area contributed by atoms with E-state index < -0.39 is 11.9 Å². The molecule has 2 aromatic heterocycles. The summed E-state index contributed by atoms with van der Waals surface area (Å²) in [7, 11) is 0. The molecule has 0 saturated heterocycles. The maximum atomic E-state index is 13.3. The van der Waals surface area contributed by atoms with E-state index in [1.54, 1.807) is 6.92 Å². The van der Waals surface area contributed by atoms with Crippen LogP contribution in [0.4, 0.5) is 13.2 Å². The third-order valence-corrected chi connectivity index (χ3v) is 5.88. The largest absolute Gasteiger partial charge is 0.434 e. The smallest absolute Gasteiger partial charge is 0.254 e. The molecule has 0 amide bonds. The van der Waals surface area contributed by atoms with Crippen molar-refractivity contribution in [2.75, 3.05) is 0 Å². The van der Waals surface area contributed by atoms with Crippen LogP contribution >= 0.6 is 0 Å². The van der Waals surface area contributed by atoms with Gasteiger partial charge in [0, 0.05) is 40.6 Å². The van der Waals surface area contributed by atoms with Crippen molar-refractivity contribution >= 4 is 11.4 Å². The topological polar surface area (TPSA) is 108 Å². The molecule has 0 bridgehead atoms. The number of aromatic nitrogens is 4. The van der Waals surface area contributed by atoms with E-state index in [0.29, 0.717) is 40.0 Å². The quantitative estimate of drug-likeness (QED) is 0.325. The predicted octanol–water partition coefficient (Wildman–Crippen LogP) is 2.84. The first-order valence-corrected chi connectivity index (χ1v) is 10.0. The van der Waals surface area contributed by atoms with Crippen LogP contribution in [-0.4, -0.2) is 19.9 Å². The lowest BCUT2D eigenvalue weighted by atomic mass is 9.92. The Morgan fingerprint density at radius 1 is 0.886 bits per heavy atom. The van der Waals surface area contributed by atoms with Crippen molar-refractivity contribution in [2.24, 2.45) is 0 Å². The predicted molar refractivity (Wildman–Crippen MR) is 114 cm³/mol. The second-order valence-electron chi connectivity index (χ2n) is 7.81. The summed E-state index contributed by atoms with van der Waals surface area (Å²) < 4.78 is 40.0. The summed E-state index contributed by atoms with van der Waals surface area (Å²) in [5, 5.41) is 19.9. The summed E-state index contributed by atoms with van der Waals surface area (Å²) >= 11 is 0. The highest BCUT2D eigenvalue weighted by Crippen LogP contribution is 2.39. The van der Waals surface area contributed by atoms with E-state index in [4.69, 9.17) is 13.1 Å². The van der Waals surface area contributed by atoms with E-state index in [-0.39, 0.29) is 51.6 Å². The lowest BCUT2D eigenvalue weighted by Gasteiger charge is -2.12. The van der Waals surface area contributed by atoms with E-state index in [9.17, 15) is 23.7 Å². The fraction of sp³-hybridized carbons (Fsp3) is 0.167. The number of halogens is 3. The molecule has 0 N–H and O–H groups in total. The second kappa shape index (κ2) is 7.45. The van der Waals surface area contributed by atoms with Crippen molar-refractivity contribution < 1.29 is 13.2 Å². The fourth-order valence-corrected chi connectivity index (χ4v) is 4.62. The van der Waals surface area contributed by atoms with Gasteiger partial charge in [0.1, 0.15) is 0 Å². The first kappa shape index (κ1) is 21.7. The molecule has 3 aromatic rings. The molecule has 2 aliphatic rings. The lowest BCUT2D eigenvalue weighted by molar-refractivity contribution is -0.141. The molecule has 0 atom stereocenters. The molecule has 0 spiro atoms. The van der Waals surface area contributed by atoms with Crippen molar-refractivity contribution in [3.8, 4) is 34.7 Å². The summed E-state index contributed by atoms with van der Waals surface area (Å²) in [6.45, 7) is 16.9. The molecule has 8 nitrogen and oxygen atoms in total. The zero-order valence-corrected chi connectivity index (χ0v) is 17.8. The third-order valence-electron chi connectivity index (χ3n) is 5.88. The number of rotatable bonds is 0. The highest BCUT2D eigenvalue weighted by atomic mass is 19.4. The highest BCUT2D eigenvalue weighted by Gasteiger charge is 2.38. The summed E-state index contributed by atoms with van der Waals surface area (Å²) in [6.07, 6.45) is -2.59. The highest BCUT2D eigenvalue weighted by molar-refractivity contribution is 5.90. The normalized spacial score (nSPS) is 14.3. The van der Waals surface area contributed by atoms with Gasteiger partial charge < -0.3 is 0 Å². The van der Waals surface area contributed by atoms with E-state index in [0.717, 1.165) is 0 Å². The molecule has 1 aromatic carbocycles. The van der Waals surface area contributed by atoms with E-state index in [1.807, 2.05) is 12.1 Å². The number of aryl methyl sites for hydroxylation is 1. The molecule has 11 heteroatoms. The Kier molecular flexibility index (Phi) is 4.62. The number of alkyl halides is 3. The molecule has 2 heterocycles. The van der Waals surface area contributed by atoms with Crippen molar-refractivity contribution in [2.45, 2.75) is 25.9 Å². The second-order valence-corrected chi connectivity index (χ2v) is 7.81. The molecule has 5 rings (SSSR count). The van der Waals surface area contributed by atoms with Crippen molar-refractivity contribution in [1.29, 1.82) is 10.5 Å². The van der Waals surface area contributed by atoms with Crippen molar-refractivity contribution in [3.63, 3.8) is 0 Å². The molecule has 0 unspecified atom stereocenters. The van der Waals surface area contributed by atoms with Gasteiger partial charge in [-0.15, -0.1) is 0 Å². The van der Waals surface area contributed by atoms with Crippen LogP contribution < -0.4 is 10.4 Å². The number of nitriles is 2. The first-order chi connectivity index (χ1) is 16.7. The van der Waals surface area contributed by atoms with E-state index in [1.165, 1.54) is 6.20 Å². The minimum absolute atomic E-state index is 0.0132. The Bertz CT molecular complexity index is 1760. The van der Waals surface area contributed by atoms with Crippen LogP contribution in [0.15, 0.2) is 12.4 Å². The Labute approximate surface area is 195 Å². The van der Waals surface area contributed by atoms with E-state index >= 15 is 0 Å². The Balaban J connectivity index is 2.06. The third kappa shape index (κ3) is 3.04. The van der Waals surface area contributed by atoms with Crippen LogP contribution in [0.2, 0.25) is 0 Å². The van der Waals surface area contributed by atoms with Gasteiger partial charge in [-0.1, -0.05) is 0 Å². The molecule has 0 fully saturated rings. The molecule has 0 aliphatic heterocycles. The van der Waals surface area contributed by atoms with Gasteiger partial charge in [0.05, 0.1) is 59.9 Å². The number of hydrogen-bond donors (Lipinski definition) is 0. The molecular formula is C24H9F3N8. The monoisotopic (exact) mass is 466 g/mol. The lowest BCUT2D eigenvalue weighted by Crippen LogP contribution is -2.26. The molecule has 0 saturated carbocycles. The molecule has 35 heavy (non-hydrogen) atoms. The number of benzene rings is 1. The Hall–Kier alpha value is -5.13. The fourth-order valence-electron chi connectivity index (χ4n) is 4.62. The Morgan fingerprint density at radius 2 is 1.40 bits per heavy atom. The molecule has 2 aliphatic carbocycles. The Morgan fingerprint density at radius 3 is 1.91 bits per heavy atom. The van der Waals surface area contributed by atoms with Gasteiger partial charge in [-0.25, -0.2) is 25.2 Å². The SMILES string of the molecule is [C-]#[N+]/C(C#N)=c1\c2c(/c(=C(/C#N)[N+]#[C-])c3c1Cc1nc(C(F)(F)F)cnc1-3)-c1ncc(C)nc1C2. The van der Waals surface area contributed by atoms with Crippen LogP contribution in [-0.2, 0) is 19.0 Å². The van der Waals surface area contributed by atoms with Crippen LogP contribution in [0.25, 0.3) is 43.6 Å².